The number of nitrogens with two attached hydrogens (primary N) is 1. The molecule has 4 nitrogen and oxygen atoms in total. The normalized spacial score (nSPS) is 43.8. The number of fused-ring (bicyclic) bond motifs is 1. The Hall–Kier alpha value is -0.610. The van der Waals surface area contributed by atoms with Crippen LogP contribution in [-0.2, 0) is 9.53 Å². The molecule has 0 aromatic rings. The first-order valence-corrected chi connectivity index (χ1v) is 8.40. The highest BCUT2D eigenvalue weighted by molar-refractivity contribution is 5.89. The zero-order chi connectivity index (χ0) is 15.5. The second-order valence-electron chi connectivity index (χ2n) is 8.71. The molecule has 0 aromatic heterocycles. The van der Waals surface area contributed by atoms with Gasteiger partial charge in [-0.05, 0) is 31.1 Å². The Bertz CT molecular complexity index is 446. The minimum atomic E-state index is -0.768. The Balaban J connectivity index is 1.70. The Morgan fingerprint density at radius 2 is 1.95 bits per heavy atom. The van der Waals surface area contributed by atoms with Crippen molar-refractivity contribution < 1.29 is 9.53 Å². The molecule has 1 aliphatic heterocycles. The van der Waals surface area contributed by atoms with Crippen molar-refractivity contribution in [2.45, 2.75) is 77.5 Å². The molecule has 0 radical (unpaired) electrons. The molecule has 4 heteroatoms. The van der Waals surface area contributed by atoms with Gasteiger partial charge in [0.25, 0.3) is 0 Å². The van der Waals surface area contributed by atoms with Crippen molar-refractivity contribution in [2.24, 2.45) is 22.5 Å². The number of carbonyl (C=O) groups excluding carboxylic acids is 1. The second kappa shape index (κ2) is 4.69. The Labute approximate surface area is 128 Å². The van der Waals surface area contributed by atoms with E-state index in [-0.39, 0.29) is 29.4 Å². The maximum atomic E-state index is 12.9. The summed E-state index contributed by atoms with van der Waals surface area (Å²) in [6.45, 7) is 9.46. The van der Waals surface area contributed by atoms with Gasteiger partial charge in [0.15, 0.2) is 0 Å². The van der Waals surface area contributed by atoms with Gasteiger partial charge in [-0.15, -0.1) is 0 Å². The summed E-state index contributed by atoms with van der Waals surface area (Å²) in [6, 6.07) is 0.277. The van der Waals surface area contributed by atoms with Gasteiger partial charge in [-0.1, -0.05) is 34.1 Å². The van der Waals surface area contributed by atoms with Gasteiger partial charge in [0.2, 0.25) is 5.91 Å². The SMILES string of the molecule is CC1(C)CCCC(NC(=O)C2(N)C3CCOC3C2(C)C)C1. The standard InChI is InChI=1S/C17H30N2O2/c1-15(2)8-5-6-11(10-15)19-14(20)17(18)12-7-9-21-13(12)16(17,3)4/h11-13H,5-10,18H2,1-4H3,(H,19,20). The first-order valence-electron chi connectivity index (χ1n) is 8.40. The van der Waals surface area contributed by atoms with E-state index in [2.05, 4.69) is 33.0 Å². The maximum Gasteiger partial charge on any atom is 0.241 e. The fourth-order valence-corrected chi connectivity index (χ4v) is 4.97. The van der Waals surface area contributed by atoms with E-state index in [9.17, 15) is 4.79 Å². The van der Waals surface area contributed by atoms with Gasteiger partial charge < -0.3 is 15.8 Å². The molecule has 1 heterocycles. The molecule has 0 aromatic carbocycles. The lowest BCUT2D eigenvalue weighted by molar-refractivity contribution is -0.176. The Morgan fingerprint density at radius 1 is 1.24 bits per heavy atom. The molecule has 0 spiro atoms. The first-order chi connectivity index (χ1) is 9.68. The van der Waals surface area contributed by atoms with E-state index in [0.29, 0.717) is 5.41 Å². The van der Waals surface area contributed by atoms with Crippen molar-refractivity contribution in [1.82, 2.24) is 5.32 Å². The number of amides is 1. The smallest absolute Gasteiger partial charge is 0.241 e. The first kappa shape index (κ1) is 15.3. The van der Waals surface area contributed by atoms with E-state index in [1.54, 1.807) is 0 Å². The number of carbonyl (C=O) groups is 1. The van der Waals surface area contributed by atoms with Crippen molar-refractivity contribution >= 4 is 5.91 Å². The van der Waals surface area contributed by atoms with E-state index in [1.165, 1.54) is 12.8 Å². The second-order valence-corrected chi connectivity index (χ2v) is 8.71. The highest BCUT2D eigenvalue weighted by atomic mass is 16.5. The molecular formula is C17H30N2O2. The van der Waals surface area contributed by atoms with Gasteiger partial charge in [-0.25, -0.2) is 0 Å². The van der Waals surface area contributed by atoms with Crippen molar-refractivity contribution in [3.8, 4) is 0 Å². The Morgan fingerprint density at radius 3 is 2.62 bits per heavy atom. The molecule has 2 saturated carbocycles. The minimum absolute atomic E-state index is 0.0435. The predicted octanol–water partition coefficient (Wildman–Crippen LogP) is 2.21. The lowest BCUT2D eigenvalue weighted by atomic mass is 9.48. The number of hydrogen-bond acceptors (Lipinski definition) is 3. The molecule has 0 bridgehead atoms. The zero-order valence-corrected chi connectivity index (χ0v) is 13.9. The Kier molecular flexibility index (Phi) is 3.42. The van der Waals surface area contributed by atoms with E-state index >= 15 is 0 Å². The molecule has 120 valence electrons. The van der Waals surface area contributed by atoms with Crippen molar-refractivity contribution in [3.63, 3.8) is 0 Å². The molecule has 3 fully saturated rings. The van der Waals surface area contributed by atoms with Gasteiger partial charge >= 0.3 is 0 Å². The van der Waals surface area contributed by atoms with Crippen LogP contribution < -0.4 is 11.1 Å². The summed E-state index contributed by atoms with van der Waals surface area (Å²) in [5.74, 6) is 0.228. The lowest BCUT2D eigenvalue weighted by Crippen LogP contribution is -2.80. The van der Waals surface area contributed by atoms with Gasteiger partial charge in [0, 0.05) is 24.0 Å². The summed E-state index contributed by atoms with van der Waals surface area (Å²) in [6.07, 6.45) is 5.63. The van der Waals surface area contributed by atoms with Crippen LogP contribution in [0.25, 0.3) is 0 Å². The average molecular weight is 294 g/mol. The minimum Gasteiger partial charge on any atom is -0.377 e. The largest absolute Gasteiger partial charge is 0.377 e. The van der Waals surface area contributed by atoms with Crippen LogP contribution in [0.4, 0.5) is 0 Å². The molecule has 4 atom stereocenters. The summed E-state index contributed by atoms with van der Waals surface area (Å²) in [5.41, 5.74) is 5.88. The highest BCUT2D eigenvalue weighted by Gasteiger charge is 2.71. The van der Waals surface area contributed by atoms with Crippen LogP contribution >= 0.6 is 0 Å². The van der Waals surface area contributed by atoms with Crippen LogP contribution in [-0.4, -0.2) is 30.2 Å². The monoisotopic (exact) mass is 294 g/mol. The summed E-state index contributed by atoms with van der Waals surface area (Å²) < 4.78 is 5.78. The molecule has 1 amide bonds. The number of nitrogens with one attached hydrogen (secondary N) is 1. The van der Waals surface area contributed by atoms with E-state index in [4.69, 9.17) is 10.5 Å². The molecule has 3 aliphatic rings. The van der Waals surface area contributed by atoms with Gasteiger partial charge in [0.05, 0.1) is 6.10 Å². The van der Waals surface area contributed by atoms with Crippen molar-refractivity contribution in [1.29, 1.82) is 0 Å². The number of ether oxygens (including phenoxy) is 1. The van der Waals surface area contributed by atoms with Crippen LogP contribution in [0.1, 0.15) is 59.8 Å². The topological polar surface area (TPSA) is 64.4 Å². The van der Waals surface area contributed by atoms with Gasteiger partial charge in [-0.3, -0.25) is 4.79 Å². The molecule has 3 N–H and O–H groups in total. The summed E-state index contributed by atoms with van der Waals surface area (Å²) in [5, 5.41) is 3.27. The van der Waals surface area contributed by atoms with Crippen LogP contribution in [0.2, 0.25) is 0 Å². The molecule has 3 rings (SSSR count). The van der Waals surface area contributed by atoms with Crippen LogP contribution in [0, 0.1) is 16.7 Å². The highest BCUT2D eigenvalue weighted by Crippen LogP contribution is 2.58. The average Bonchev–Trinajstić information content (AvgIpc) is 2.84. The van der Waals surface area contributed by atoms with Crippen LogP contribution in [0.5, 0.6) is 0 Å². The molecule has 4 unspecified atom stereocenters. The van der Waals surface area contributed by atoms with Crippen molar-refractivity contribution in [2.75, 3.05) is 6.61 Å². The third-order valence-corrected chi connectivity index (χ3v) is 6.37. The summed E-state index contributed by atoms with van der Waals surface area (Å²) in [4.78, 5) is 12.9. The molecule has 1 saturated heterocycles. The van der Waals surface area contributed by atoms with Crippen molar-refractivity contribution in [3.05, 3.63) is 0 Å². The third-order valence-electron chi connectivity index (χ3n) is 6.37. The zero-order valence-electron chi connectivity index (χ0n) is 13.9. The van der Waals surface area contributed by atoms with Gasteiger partial charge in [0.1, 0.15) is 5.54 Å². The number of hydrogen-bond donors (Lipinski definition) is 2. The maximum absolute atomic E-state index is 12.9. The fourth-order valence-electron chi connectivity index (χ4n) is 4.97. The number of rotatable bonds is 2. The fraction of sp³-hybridized carbons (Fsp3) is 0.941. The van der Waals surface area contributed by atoms with E-state index in [0.717, 1.165) is 25.9 Å². The van der Waals surface area contributed by atoms with E-state index in [1.807, 2.05) is 0 Å². The van der Waals surface area contributed by atoms with E-state index < -0.39 is 5.54 Å². The molecule has 2 aliphatic carbocycles. The van der Waals surface area contributed by atoms with Crippen LogP contribution in [0.3, 0.4) is 0 Å². The van der Waals surface area contributed by atoms with Crippen LogP contribution in [0.15, 0.2) is 0 Å². The molecular weight excluding hydrogens is 264 g/mol. The molecule has 21 heavy (non-hydrogen) atoms. The lowest BCUT2D eigenvalue weighted by Gasteiger charge is -2.61. The summed E-state index contributed by atoms with van der Waals surface area (Å²) >= 11 is 0. The summed E-state index contributed by atoms with van der Waals surface area (Å²) in [7, 11) is 0. The van der Waals surface area contributed by atoms with Gasteiger partial charge in [-0.2, -0.15) is 0 Å². The predicted molar refractivity (Wildman–Crippen MR) is 82.7 cm³/mol. The quantitative estimate of drug-likeness (QED) is 0.820. The third kappa shape index (κ3) is 2.14.